The Balaban J connectivity index is 0.00000242. The van der Waals surface area contributed by atoms with Crippen LogP contribution in [0.1, 0.15) is 11.1 Å². The Hall–Kier alpha value is -1.26. The molecule has 0 spiro atoms. The first-order valence-electron chi connectivity index (χ1n) is 5.72. The van der Waals surface area contributed by atoms with Gasteiger partial charge in [0.15, 0.2) is 0 Å². The van der Waals surface area contributed by atoms with E-state index in [9.17, 15) is 26.3 Å². The maximum atomic E-state index is 12.4. The first kappa shape index (κ1) is 18.8. The molecule has 0 aliphatic heterocycles. The predicted molar refractivity (Wildman–Crippen MR) is 76.3 cm³/mol. The lowest BCUT2D eigenvalue weighted by molar-refractivity contribution is -0.138. The first-order valence-corrected chi connectivity index (χ1v) is 6.62. The van der Waals surface area contributed by atoms with Crippen LogP contribution in [0.5, 0.6) is 0 Å². The van der Waals surface area contributed by atoms with Gasteiger partial charge in [0.25, 0.3) is 0 Å². The third kappa shape index (κ3) is 4.89. The molecule has 0 bridgehead atoms. The van der Waals surface area contributed by atoms with Crippen LogP contribution < -0.4 is 10.6 Å². The fraction of sp³-hybridized carbons (Fsp3) is 0.143. The minimum Gasteiger partial charge on any atom is -0.166 e. The van der Waals surface area contributed by atoms with E-state index in [0.29, 0.717) is 19.2 Å². The molecule has 119 valence electrons. The first-order chi connectivity index (χ1) is 9.66. The highest BCUT2D eigenvalue weighted by molar-refractivity contribution is 7.55. The standard InChI is InChI=1S/C14H8F6P.ClH/c15-13(16,17)9-1-5-11(6-2-9)21-12-7-3-10(4-8-12)14(18,19)20;/h1-8H;1H. The average Bonchev–Trinajstić information content (AvgIpc) is 2.38. The Morgan fingerprint density at radius 2 is 0.818 bits per heavy atom. The lowest BCUT2D eigenvalue weighted by Crippen LogP contribution is -2.09. The highest BCUT2D eigenvalue weighted by Crippen LogP contribution is 2.30. The van der Waals surface area contributed by atoms with E-state index in [2.05, 4.69) is 0 Å². The molecule has 2 aromatic carbocycles. The van der Waals surface area contributed by atoms with Crippen LogP contribution >= 0.6 is 21.0 Å². The van der Waals surface area contributed by atoms with Gasteiger partial charge in [-0.05, 0) is 43.5 Å². The molecule has 0 fully saturated rings. The summed E-state index contributed by atoms with van der Waals surface area (Å²) in [6.07, 6.45) is -8.80. The summed E-state index contributed by atoms with van der Waals surface area (Å²) in [7, 11) is 0.547. The Morgan fingerprint density at radius 1 is 0.545 bits per heavy atom. The van der Waals surface area contributed by atoms with Gasteiger partial charge in [-0.15, -0.1) is 12.4 Å². The number of alkyl halides is 6. The Morgan fingerprint density at radius 3 is 1.05 bits per heavy atom. The number of halogens is 7. The Bertz CT molecular complexity index is 546. The lowest BCUT2D eigenvalue weighted by Gasteiger charge is -2.09. The molecule has 0 aromatic heterocycles. The van der Waals surface area contributed by atoms with Crippen molar-refractivity contribution < 1.29 is 26.3 Å². The van der Waals surface area contributed by atoms with Gasteiger partial charge in [0.05, 0.1) is 11.1 Å². The van der Waals surface area contributed by atoms with E-state index >= 15 is 0 Å². The van der Waals surface area contributed by atoms with Crippen LogP contribution in [-0.4, -0.2) is 0 Å². The largest absolute Gasteiger partial charge is 0.416 e. The molecular formula is C14H9ClF6P. The van der Waals surface area contributed by atoms with Crippen molar-refractivity contribution in [1.29, 1.82) is 0 Å². The van der Waals surface area contributed by atoms with Gasteiger partial charge in [0.1, 0.15) is 0 Å². The number of hydrogen-bond donors (Lipinski definition) is 0. The summed E-state index contributed by atoms with van der Waals surface area (Å²) in [5.41, 5.74) is -1.51. The van der Waals surface area contributed by atoms with Gasteiger partial charge < -0.3 is 0 Å². The van der Waals surface area contributed by atoms with Crippen LogP contribution in [0.4, 0.5) is 26.3 Å². The summed E-state index contributed by atoms with van der Waals surface area (Å²) < 4.78 is 74.4. The maximum absolute atomic E-state index is 12.4. The van der Waals surface area contributed by atoms with Crippen molar-refractivity contribution in [1.82, 2.24) is 0 Å². The van der Waals surface area contributed by atoms with Crippen LogP contribution in [0.2, 0.25) is 0 Å². The second-order valence-corrected chi connectivity index (χ2v) is 5.46. The molecule has 2 aromatic rings. The van der Waals surface area contributed by atoms with Gasteiger partial charge in [-0.3, -0.25) is 0 Å². The number of benzene rings is 2. The zero-order chi connectivity index (χ0) is 15.7. The molecule has 0 amide bonds. The minimum atomic E-state index is -4.40. The molecular weight excluding hydrogens is 349 g/mol. The summed E-state index contributed by atoms with van der Waals surface area (Å²) in [5.74, 6) is 0. The number of hydrogen-bond acceptors (Lipinski definition) is 0. The molecule has 0 saturated carbocycles. The van der Waals surface area contributed by atoms with Gasteiger partial charge in [0, 0.05) is 0 Å². The van der Waals surface area contributed by atoms with E-state index in [0.717, 1.165) is 24.3 Å². The smallest absolute Gasteiger partial charge is 0.166 e. The molecule has 22 heavy (non-hydrogen) atoms. The topological polar surface area (TPSA) is 0 Å². The molecule has 1 radical (unpaired) electrons. The van der Waals surface area contributed by atoms with E-state index < -0.39 is 23.5 Å². The third-order valence-corrected chi connectivity index (χ3v) is 3.76. The van der Waals surface area contributed by atoms with Crippen molar-refractivity contribution >= 4 is 31.6 Å². The van der Waals surface area contributed by atoms with Crippen molar-refractivity contribution in [2.75, 3.05) is 0 Å². The number of rotatable bonds is 2. The van der Waals surface area contributed by atoms with E-state index in [4.69, 9.17) is 0 Å². The normalized spacial score (nSPS) is 11.9. The van der Waals surface area contributed by atoms with Gasteiger partial charge >= 0.3 is 12.4 Å². The van der Waals surface area contributed by atoms with Gasteiger partial charge in [-0.2, -0.15) is 26.3 Å². The summed E-state index contributed by atoms with van der Waals surface area (Å²) in [6.45, 7) is 0. The van der Waals surface area contributed by atoms with E-state index in [1.165, 1.54) is 24.3 Å². The predicted octanol–water partition coefficient (Wildman–Crippen LogP) is 5.04. The van der Waals surface area contributed by atoms with Gasteiger partial charge in [-0.25, -0.2) is 0 Å². The van der Waals surface area contributed by atoms with Crippen LogP contribution in [0, 0.1) is 0 Å². The SMILES string of the molecule is Cl.FC(F)(F)c1ccc([P]c2ccc(C(F)(F)F)cc2)cc1. The fourth-order valence-corrected chi connectivity index (χ4v) is 2.49. The molecule has 0 aliphatic carbocycles. The Kier molecular flexibility index (Phi) is 5.88. The minimum absolute atomic E-state index is 0. The molecule has 0 saturated heterocycles. The van der Waals surface area contributed by atoms with Crippen molar-refractivity contribution in [3.8, 4) is 0 Å². The van der Waals surface area contributed by atoms with Crippen LogP contribution in [0.3, 0.4) is 0 Å². The second-order valence-electron chi connectivity index (χ2n) is 4.20. The molecule has 0 nitrogen and oxygen atoms in total. The molecule has 2 rings (SSSR count). The van der Waals surface area contributed by atoms with Gasteiger partial charge in [0.2, 0.25) is 0 Å². The highest BCUT2D eigenvalue weighted by Gasteiger charge is 2.30. The molecule has 0 unspecified atom stereocenters. The van der Waals surface area contributed by atoms with Crippen LogP contribution in [-0.2, 0) is 12.4 Å². The summed E-state index contributed by atoms with van der Waals surface area (Å²) in [6, 6.07) is 9.03. The molecule has 0 N–H and O–H groups in total. The fourth-order valence-electron chi connectivity index (χ4n) is 1.60. The van der Waals surface area contributed by atoms with Crippen molar-refractivity contribution in [3.05, 3.63) is 59.7 Å². The molecule has 8 heteroatoms. The van der Waals surface area contributed by atoms with E-state index in [-0.39, 0.29) is 12.4 Å². The van der Waals surface area contributed by atoms with Gasteiger partial charge in [-0.1, -0.05) is 24.3 Å². The third-order valence-electron chi connectivity index (χ3n) is 2.65. The van der Waals surface area contributed by atoms with E-state index in [1.807, 2.05) is 0 Å². The Labute approximate surface area is 130 Å². The highest BCUT2D eigenvalue weighted by atomic mass is 35.5. The van der Waals surface area contributed by atoms with Crippen molar-refractivity contribution in [2.45, 2.75) is 12.4 Å². The second kappa shape index (κ2) is 6.88. The quantitative estimate of drug-likeness (QED) is 0.521. The monoisotopic (exact) mass is 357 g/mol. The van der Waals surface area contributed by atoms with Crippen molar-refractivity contribution in [3.63, 3.8) is 0 Å². The summed E-state index contributed by atoms with van der Waals surface area (Å²) in [5, 5.41) is 1.14. The molecule has 0 aliphatic rings. The maximum Gasteiger partial charge on any atom is 0.416 e. The lowest BCUT2D eigenvalue weighted by atomic mass is 10.2. The average molecular weight is 358 g/mol. The summed E-state index contributed by atoms with van der Waals surface area (Å²) in [4.78, 5) is 0. The molecule has 0 atom stereocenters. The van der Waals surface area contributed by atoms with Crippen LogP contribution in [0.25, 0.3) is 0 Å². The summed E-state index contributed by atoms with van der Waals surface area (Å²) >= 11 is 0. The zero-order valence-corrected chi connectivity index (χ0v) is 12.5. The molecule has 0 heterocycles. The van der Waals surface area contributed by atoms with Crippen molar-refractivity contribution in [2.24, 2.45) is 0 Å². The van der Waals surface area contributed by atoms with E-state index in [1.54, 1.807) is 0 Å². The zero-order valence-electron chi connectivity index (χ0n) is 10.7. The van der Waals surface area contributed by atoms with Crippen LogP contribution in [0.15, 0.2) is 48.5 Å².